The summed E-state index contributed by atoms with van der Waals surface area (Å²) in [6, 6.07) is 5.02. The predicted molar refractivity (Wildman–Crippen MR) is 58.5 cm³/mol. The molecular formula is C12H16O4. The highest BCUT2D eigenvalue weighted by Crippen LogP contribution is 2.24. The predicted octanol–water partition coefficient (Wildman–Crippen LogP) is 1.58. The second-order valence-electron chi connectivity index (χ2n) is 4.10. The largest absolute Gasteiger partial charge is 0.508 e. The molecule has 4 nitrogen and oxygen atoms in total. The highest BCUT2D eigenvalue weighted by Gasteiger charge is 2.22. The normalized spacial score (nSPS) is 25.4. The van der Waals surface area contributed by atoms with Gasteiger partial charge in [-0.05, 0) is 31.0 Å². The van der Waals surface area contributed by atoms with Crippen LogP contribution in [0.4, 0.5) is 0 Å². The molecular weight excluding hydrogens is 208 g/mol. The summed E-state index contributed by atoms with van der Waals surface area (Å²) in [4.78, 5) is 0. The van der Waals surface area contributed by atoms with Gasteiger partial charge in [0.25, 0.3) is 0 Å². The number of hydrogen-bond donors (Lipinski definition) is 2. The average molecular weight is 224 g/mol. The van der Waals surface area contributed by atoms with E-state index in [0.717, 1.165) is 5.56 Å². The molecule has 0 radical (unpaired) electrons. The third-order valence-electron chi connectivity index (χ3n) is 2.52. The molecule has 1 aromatic rings. The van der Waals surface area contributed by atoms with Gasteiger partial charge in [0.1, 0.15) is 11.5 Å². The summed E-state index contributed by atoms with van der Waals surface area (Å²) in [7, 11) is 0. The van der Waals surface area contributed by atoms with Crippen LogP contribution in [0.1, 0.15) is 18.4 Å². The molecule has 1 aliphatic heterocycles. The number of aryl methyl sites for hydroxylation is 1. The quantitative estimate of drug-likeness (QED) is 0.800. The maximum atomic E-state index is 9.46. The van der Waals surface area contributed by atoms with Gasteiger partial charge in [0, 0.05) is 12.5 Å². The van der Waals surface area contributed by atoms with Crippen molar-refractivity contribution >= 4 is 0 Å². The van der Waals surface area contributed by atoms with Gasteiger partial charge in [0.2, 0.25) is 6.29 Å². The topological polar surface area (TPSA) is 58.9 Å². The van der Waals surface area contributed by atoms with Crippen molar-refractivity contribution in [2.24, 2.45) is 0 Å². The van der Waals surface area contributed by atoms with Crippen molar-refractivity contribution in [1.29, 1.82) is 0 Å². The first kappa shape index (κ1) is 11.2. The Morgan fingerprint density at radius 2 is 2.19 bits per heavy atom. The SMILES string of the molecule is Cc1cc(O)cc(OC2CC(O)CCO2)c1. The van der Waals surface area contributed by atoms with Crippen LogP contribution < -0.4 is 4.74 Å². The zero-order chi connectivity index (χ0) is 11.5. The molecule has 2 atom stereocenters. The fourth-order valence-corrected chi connectivity index (χ4v) is 1.77. The number of hydrogen-bond acceptors (Lipinski definition) is 4. The molecule has 1 saturated heterocycles. The monoisotopic (exact) mass is 224 g/mol. The van der Waals surface area contributed by atoms with Crippen LogP contribution in [0.3, 0.4) is 0 Å². The van der Waals surface area contributed by atoms with Crippen molar-refractivity contribution < 1.29 is 19.7 Å². The number of aromatic hydroxyl groups is 1. The molecule has 0 bridgehead atoms. The van der Waals surface area contributed by atoms with Crippen LogP contribution in [0.5, 0.6) is 11.5 Å². The number of benzene rings is 1. The third-order valence-corrected chi connectivity index (χ3v) is 2.52. The second kappa shape index (κ2) is 4.72. The summed E-state index contributed by atoms with van der Waals surface area (Å²) in [5.41, 5.74) is 0.923. The Morgan fingerprint density at radius 1 is 1.38 bits per heavy atom. The van der Waals surface area contributed by atoms with Gasteiger partial charge in [-0.25, -0.2) is 0 Å². The number of aliphatic hydroxyl groups excluding tert-OH is 1. The molecule has 1 fully saturated rings. The van der Waals surface area contributed by atoms with Gasteiger partial charge in [-0.2, -0.15) is 0 Å². The summed E-state index contributed by atoms with van der Waals surface area (Å²) in [5, 5.41) is 18.9. The fourth-order valence-electron chi connectivity index (χ4n) is 1.77. The Balaban J connectivity index is 2.02. The van der Waals surface area contributed by atoms with E-state index in [-0.39, 0.29) is 11.9 Å². The van der Waals surface area contributed by atoms with Crippen LogP contribution in [0.2, 0.25) is 0 Å². The third kappa shape index (κ3) is 2.87. The highest BCUT2D eigenvalue weighted by molar-refractivity contribution is 5.36. The minimum Gasteiger partial charge on any atom is -0.508 e. The number of aliphatic hydroxyl groups is 1. The number of rotatable bonds is 2. The molecule has 4 heteroatoms. The van der Waals surface area contributed by atoms with Crippen LogP contribution in [-0.2, 0) is 4.74 Å². The molecule has 0 spiro atoms. The Morgan fingerprint density at radius 3 is 2.88 bits per heavy atom. The number of phenols is 1. The average Bonchev–Trinajstić information content (AvgIpc) is 2.15. The van der Waals surface area contributed by atoms with E-state index in [1.807, 2.05) is 13.0 Å². The first-order valence-electron chi connectivity index (χ1n) is 5.40. The van der Waals surface area contributed by atoms with Gasteiger partial charge >= 0.3 is 0 Å². The van der Waals surface area contributed by atoms with Crippen molar-refractivity contribution in [1.82, 2.24) is 0 Å². The van der Waals surface area contributed by atoms with E-state index < -0.39 is 6.29 Å². The lowest BCUT2D eigenvalue weighted by Crippen LogP contribution is -2.32. The molecule has 88 valence electrons. The molecule has 0 saturated carbocycles. The Hall–Kier alpha value is -1.26. The van der Waals surface area contributed by atoms with Gasteiger partial charge in [0.15, 0.2) is 0 Å². The zero-order valence-electron chi connectivity index (χ0n) is 9.22. The first-order valence-corrected chi connectivity index (χ1v) is 5.40. The molecule has 1 heterocycles. The van der Waals surface area contributed by atoms with Gasteiger partial charge in [-0.15, -0.1) is 0 Å². The van der Waals surface area contributed by atoms with Gasteiger partial charge < -0.3 is 19.7 Å². The summed E-state index contributed by atoms with van der Waals surface area (Å²) < 4.78 is 10.9. The molecule has 16 heavy (non-hydrogen) atoms. The Kier molecular flexibility index (Phi) is 3.31. The van der Waals surface area contributed by atoms with Gasteiger partial charge in [-0.3, -0.25) is 0 Å². The standard InChI is InChI=1S/C12H16O4/c1-8-4-10(14)6-11(5-8)16-12-7-9(13)2-3-15-12/h4-6,9,12-14H,2-3,7H2,1H3. The maximum Gasteiger partial charge on any atom is 0.202 e. The van der Waals surface area contributed by atoms with E-state index in [4.69, 9.17) is 9.47 Å². The summed E-state index contributed by atoms with van der Waals surface area (Å²) in [6.07, 6.45) is 0.329. The van der Waals surface area contributed by atoms with E-state index in [9.17, 15) is 10.2 Å². The van der Waals surface area contributed by atoms with Crippen molar-refractivity contribution in [3.63, 3.8) is 0 Å². The van der Waals surface area contributed by atoms with Crippen LogP contribution in [0.25, 0.3) is 0 Å². The van der Waals surface area contributed by atoms with Crippen LogP contribution in [0.15, 0.2) is 18.2 Å². The molecule has 2 N–H and O–H groups in total. The molecule has 2 rings (SSSR count). The lowest BCUT2D eigenvalue weighted by molar-refractivity contribution is -0.137. The minimum atomic E-state index is -0.426. The summed E-state index contributed by atoms with van der Waals surface area (Å²) >= 11 is 0. The van der Waals surface area contributed by atoms with Crippen LogP contribution >= 0.6 is 0 Å². The minimum absolute atomic E-state index is 0.173. The van der Waals surface area contributed by atoms with Crippen molar-refractivity contribution in [2.75, 3.05) is 6.61 Å². The van der Waals surface area contributed by atoms with Gasteiger partial charge in [0.05, 0.1) is 12.7 Å². The van der Waals surface area contributed by atoms with Crippen molar-refractivity contribution in [3.05, 3.63) is 23.8 Å². The van der Waals surface area contributed by atoms with Crippen LogP contribution in [0, 0.1) is 6.92 Å². The molecule has 0 amide bonds. The van der Waals surface area contributed by atoms with Crippen molar-refractivity contribution in [2.45, 2.75) is 32.2 Å². The number of ether oxygens (including phenoxy) is 2. The molecule has 0 aliphatic carbocycles. The molecule has 1 aliphatic rings. The Bertz CT molecular complexity index is 344. The number of phenolic OH excluding ortho intramolecular Hbond substituents is 1. The fraction of sp³-hybridized carbons (Fsp3) is 0.500. The Labute approximate surface area is 94.4 Å². The van der Waals surface area contributed by atoms with E-state index >= 15 is 0 Å². The maximum absolute atomic E-state index is 9.46. The van der Waals surface area contributed by atoms with E-state index in [2.05, 4.69) is 0 Å². The lowest BCUT2D eigenvalue weighted by atomic mass is 10.1. The highest BCUT2D eigenvalue weighted by atomic mass is 16.7. The lowest BCUT2D eigenvalue weighted by Gasteiger charge is -2.27. The zero-order valence-corrected chi connectivity index (χ0v) is 9.22. The van der Waals surface area contributed by atoms with E-state index in [0.29, 0.717) is 25.2 Å². The van der Waals surface area contributed by atoms with Crippen LogP contribution in [-0.4, -0.2) is 29.2 Å². The van der Waals surface area contributed by atoms with E-state index in [1.54, 1.807) is 6.07 Å². The van der Waals surface area contributed by atoms with Gasteiger partial charge in [-0.1, -0.05) is 0 Å². The smallest absolute Gasteiger partial charge is 0.202 e. The molecule has 0 aromatic heterocycles. The summed E-state index contributed by atoms with van der Waals surface area (Å²) in [5.74, 6) is 0.739. The van der Waals surface area contributed by atoms with E-state index in [1.165, 1.54) is 6.07 Å². The van der Waals surface area contributed by atoms with Crippen molar-refractivity contribution in [3.8, 4) is 11.5 Å². The first-order chi connectivity index (χ1) is 7.63. The molecule has 1 aromatic carbocycles. The second-order valence-corrected chi connectivity index (χ2v) is 4.10. The summed E-state index contributed by atoms with van der Waals surface area (Å²) in [6.45, 7) is 2.38. The molecule has 2 unspecified atom stereocenters.